The molecule has 2 heterocycles. The largest absolute Gasteiger partial charge is 0.256 e. The van der Waals surface area contributed by atoms with Crippen LogP contribution in [-0.2, 0) is 0 Å². The molecule has 80 valence electrons. The molecule has 0 bridgehead atoms. The average molecular weight is 236 g/mol. The van der Waals surface area contributed by atoms with Gasteiger partial charge in [0.2, 0.25) is 0 Å². The van der Waals surface area contributed by atoms with Crippen LogP contribution in [0, 0.1) is 0 Å². The van der Waals surface area contributed by atoms with Crippen molar-refractivity contribution in [1.29, 1.82) is 0 Å². The molecule has 0 N–H and O–H groups in total. The quantitative estimate of drug-likeness (QED) is 0.431. The van der Waals surface area contributed by atoms with E-state index in [4.69, 9.17) is 0 Å². The molecule has 0 spiro atoms. The first kappa shape index (κ1) is 9.07. The van der Waals surface area contributed by atoms with Crippen molar-refractivity contribution >= 4 is 44.1 Å². The summed E-state index contributed by atoms with van der Waals surface area (Å²) in [5.41, 5.74) is 2.11. The number of rotatable bonds is 0. The molecule has 17 heavy (non-hydrogen) atoms. The van der Waals surface area contributed by atoms with Crippen molar-refractivity contribution in [3.8, 4) is 0 Å². The fraction of sp³-hybridized carbons (Fsp3) is 0. The second-order valence-electron chi connectivity index (χ2n) is 4.05. The van der Waals surface area contributed by atoms with Gasteiger partial charge >= 0.3 is 0 Å². The van der Waals surface area contributed by atoms with Crippen molar-refractivity contribution in [3.05, 3.63) is 48.0 Å². The monoisotopic (exact) mass is 236 g/mol. The summed E-state index contributed by atoms with van der Waals surface area (Å²) in [5.74, 6) is 0. The number of fused-ring (bicyclic) bond motifs is 5. The van der Waals surface area contributed by atoms with Crippen molar-refractivity contribution in [2.75, 3.05) is 0 Å². The molecular formula is C14H8N2S. The zero-order valence-electron chi connectivity index (χ0n) is 8.92. The molecule has 0 saturated heterocycles. The van der Waals surface area contributed by atoms with Crippen LogP contribution in [0.2, 0.25) is 0 Å². The second kappa shape index (κ2) is 3.25. The number of hydrogen-bond acceptors (Lipinski definition) is 3. The Labute approximate surface area is 102 Å². The van der Waals surface area contributed by atoms with E-state index in [0.29, 0.717) is 0 Å². The van der Waals surface area contributed by atoms with Crippen molar-refractivity contribution in [1.82, 2.24) is 9.36 Å². The van der Waals surface area contributed by atoms with E-state index in [-0.39, 0.29) is 0 Å². The number of nitrogens with zero attached hydrogens (tertiary/aromatic N) is 2. The number of para-hydroxylation sites is 1. The lowest BCUT2D eigenvalue weighted by atomic mass is 10.0. The highest BCUT2D eigenvalue weighted by Crippen LogP contribution is 2.31. The van der Waals surface area contributed by atoms with Gasteiger partial charge in [0.25, 0.3) is 0 Å². The molecule has 4 aromatic rings. The third kappa shape index (κ3) is 1.20. The van der Waals surface area contributed by atoms with E-state index in [1.807, 2.05) is 18.3 Å². The molecule has 0 unspecified atom stereocenters. The number of aromatic nitrogens is 2. The molecule has 2 aromatic heterocycles. The lowest BCUT2D eigenvalue weighted by Crippen LogP contribution is -1.82. The summed E-state index contributed by atoms with van der Waals surface area (Å²) >= 11 is 1.51. The van der Waals surface area contributed by atoms with Crippen LogP contribution in [0.3, 0.4) is 0 Å². The van der Waals surface area contributed by atoms with Gasteiger partial charge in [0.05, 0.1) is 11.0 Å². The third-order valence-electron chi connectivity index (χ3n) is 3.09. The minimum absolute atomic E-state index is 1.04. The van der Waals surface area contributed by atoms with Gasteiger partial charge in [0.1, 0.15) is 0 Å². The van der Waals surface area contributed by atoms with Gasteiger partial charge in [-0.3, -0.25) is 4.98 Å². The summed E-state index contributed by atoms with van der Waals surface area (Å²) in [5, 5.41) is 6.99. The standard InChI is InChI=1S/C14H8N2S/c1-2-4-12-10(3-1)14-9(7-15-12)5-6-13-11(14)8-17-16-13/h1-8H. The molecule has 3 heteroatoms. The summed E-state index contributed by atoms with van der Waals surface area (Å²) in [6.45, 7) is 0. The predicted octanol–water partition coefficient (Wildman–Crippen LogP) is 4.00. The van der Waals surface area contributed by atoms with Crippen molar-refractivity contribution < 1.29 is 0 Å². The van der Waals surface area contributed by atoms with Crippen LogP contribution >= 0.6 is 11.5 Å². The Balaban J connectivity index is 2.41. The van der Waals surface area contributed by atoms with Gasteiger partial charge in [-0.2, -0.15) is 4.37 Å². The smallest absolute Gasteiger partial charge is 0.0847 e. The Morgan fingerprint density at radius 3 is 2.82 bits per heavy atom. The maximum absolute atomic E-state index is 4.48. The van der Waals surface area contributed by atoms with Gasteiger partial charge in [-0.05, 0) is 23.7 Å². The fourth-order valence-electron chi connectivity index (χ4n) is 2.31. The second-order valence-corrected chi connectivity index (χ2v) is 4.68. The molecule has 0 amide bonds. The van der Waals surface area contributed by atoms with Crippen molar-refractivity contribution in [2.45, 2.75) is 0 Å². The Hall–Kier alpha value is -2.00. The Bertz CT molecular complexity index is 848. The number of benzene rings is 2. The minimum atomic E-state index is 1.04. The summed E-state index contributed by atoms with van der Waals surface area (Å²) in [7, 11) is 0. The summed E-state index contributed by atoms with van der Waals surface area (Å²) < 4.78 is 4.40. The maximum atomic E-state index is 4.48. The highest BCUT2D eigenvalue weighted by atomic mass is 32.1. The van der Waals surface area contributed by atoms with Crippen LogP contribution in [0.4, 0.5) is 0 Å². The molecule has 0 radical (unpaired) electrons. The first-order valence-electron chi connectivity index (χ1n) is 5.44. The van der Waals surface area contributed by atoms with Gasteiger partial charge in [-0.25, -0.2) is 0 Å². The lowest BCUT2D eigenvalue weighted by molar-refractivity contribution is 1.45. The summed E-state index contributed by atoms with van der Waals surface area (Å²) in [6, 6.07) is 12.4. The van der Waals surface area contributed by atoms with Gasteiger partial charge in [-0.15, -0.1) is 0 Å². The van der Waals surface area contributed by atoms with Crippen LogP contribution in [0.25, 0.3) is 32.6 Å². The molecule has 0 saturated carbocycles. The highest BCUT2D eigenvalue weighted by Gasteiger charge is 2.06. The molecule has 4 rings (SSSR count). The van der Waals surface area contributed by atoms with Gasteiger partial charge < -0.3 is 0 Å². The lowest BCUT2D eigenvalue weighted by Gasteiger charge is -2.03. The Morgan fingerprint density at radius 1 is 0.882 bits per heavy atom. The average Bonchev–Trinajstić information content (AvgIpc) is 2.86. The van der Waals surface area contributed by atoms with E-state index in [2.05, 4.69) is 39.0 Å². The van der Waals surface area contributed by atoms with Crippen LogP contribution in [-0.4, -0.2) is 9.36 Å². The number of hydrogen-bond donors (Lipinski definition) is 0. The van der Waals surface area contributed by atoms with E-state index in [1.54, 1.807) is 0 Å². The summed E-state index contributed by atoms with van der Waals surface area (Å²) in [4.78, 5) is 4.48. The van der Waals surface area contributed by atoms with E-state index < -0.39 is 0 Å². The van der Waals surface area contributed by atoms with Crippen molar-refractivity contribution in [2.24, 2.45) is 0 Å². The molecule has 2 nitrogen and oxygen atoms in total. The zero-order valence-corrected chi connectivity index (χ0v) is 9.74. The number of pyridine rings is 1. The highest BCUT2D eigenvalue weighted by molar-refractivity contribution is 7.05. The van der Waals surface area contributed by atoms with E-state index >= 15 is 0 Å². The van der Waals surface area contributed by atoms with Crippen LogP contribution < -0.4 is 0 Å². The molecule has 0 aliphatic carbocycles. The summed E-state index contributed by atoms with van der Waals surface area (Å²) in [6.07, 6.45) is 1.94. The van der Waals surface area contributed by atoms with E-state index in [0.717, 1.165) is 11.0 Å². The van der Waals surface area contributed by atoms with Gasteiger partial charge in [0.15, 0.2) is 0 Å². The maximum Gasteiger partial charge on any atom is 0.0847 e. The van der Waals surface area contributed by atoms with Crippen LogP contribution in [0.15, 0.2) is 48.0 Å². The topological polar surface area (TPSA) is 25.8 Å². The zero-order chi connectivity index (χ0) is 11.2. The van der Waals surface area contributed by atoms with Crippen LogP contribution in [0.1, 0.15) is 0 Å². The Kier molecular flexibility index (Phi) is 1.73. The molecule has 0 fully saturated rings. The van der Waals surface area contributed by atoms with E-state index in [1.165, 1.54) is 33.1 Å². The van der Waals surface area contributed by atoms with E-state index in [9.17, 15) is 0 Å². The minimum Gasteiger partial charge on any atom is -0.256 e. The van der Waals surface area contributed by atoms with Crippen molar-refractivity contribution in [3.63, 3.8) is 0 Å². The first-order valence-corrected chi connectivity index (χ1v) is 6.28. The molecule has 2 aromatic carbocycles. The Morgan fingerprint density at radius 2 is 1.82 bits per heavy atom. The third-order valence-corrected chi connectivity index (χ3v) is 3.74. The normalized spacial score (nSPS) is 11.5. The van der Waals surface area contributed by atoms with Crippen LogP contribution in [0.5, 0.6) is 0 Å². The van der Waals surface area contributed by atoms with Gasteiger partial charge in [-0.1, -0.05) is 24.3 Å². The molecule has 0 aliphatic rings. The molecule has 0 aliphatic heterocycles. The SMILES string of the molecule is c1ccc2c(c1)ncc1ccc3nscc3c12. The first-order chi connectivity index (χ1) is 8.43. The molecular weight excluding hydrogens is 228 g/mol. The molecule has 0 atom stereocenters. The predicted molar refractivity (Wildman–Crippen MR) is 72.4 cm³/mol. The van der Waals surface area contributed by atoms with Gasteiger partial charge in [0, 0.05) is 33.1 Å². The fourth-order valence-corrected chi connectivity index (χ4v) is 2.97.